The molecule has 0 aliphatic heterocycles. The number of methoxy groups -OCH3 is 1. The quantitative estimate of drug-likeness (QED) is 0.363. The van der Waals surface area contributed by atoms with Gasteiger partial charge in [0.1, 0.15) is 5.82 Å². The zero-order valence-corrected chi connectivity index (χ0v) is 18.0. The highest BCUT2D eigenvalue weighted by atomic mass is 32.2. The molecule has 8 heteroatoms. The predicted molar refractivity (Wildman–Crippen MR) is 112 cm³/mol. The molecule has 1 atom stereocenters. The maximum Gasteiger partial charge on any atom is 0.339 e. The molecule has 0 aliphatic carbocycles. The van der Waals surface area contributed by atoms with E-state index in [9.17, 15) is 9.59 Å². The molecule has 0 amide bonds. The van der Waals surface area contributed by atoms with E-state index < -0.39 is 11.2 Å². The molecule has 3 aromatic rings. The second-order valence-electron chi connectivity index (χ2n) is 6.86. The number of benzene rings is 1. The van der Waals surface area contributed by atoms with Crippen LogP contribution in [0.15, 0.2) is 35.5 Å². The number of ketones is 1. The van der Waals surface area contributed by atoms with Crippen LogP contribution in [0.1, 0.15) is 50.4 Å². The van der Waals surface area contributed by atoms with Crippen LogP contribution in [0.4, 0.5) is 0 Å². The van der Waals surface area contributed by atoms with Crippen molar-refractivity contribution in [2.45, 2.75) is 37.6 Å². The number of carbonyl (C=O) groups excluding carboxylic acids is 2. The molecule has 29 heavy (non-hydrogen) atoms. The fraction of sp³-hybridized carbons (Fsp3) is 0.333. The van der Waals surface area contributed by atoms with E-state index in [2.05, 4.69) is 15.2 Å². The molecule has 0 aliphatic rings. The van der Waals surface area contributed by atoms with Crippen molar-refractivity contribution in [3.05, 3.63) is 64.2 Å². The molecule has 0 spiro atoms. The molecule has 0 fully saturated rings. The minimum Gasteiger partial charge on any atom is -0.465 e. The van der Waals surface area contributed by atoms with Gasteiger partial charge < -0.3 is 14.3 Å². The second kappa shape index (κ2) is 8.65. The van der Waals surface area contributed by atoms with Crippen molar-refractivity contribution in [3.63, 3.8) is 0 Å². The van der Waals surface area contributed by atoms with E-state index in [1.807, 2.05) is 48.9 Å². The molecule has 0 saturated carbocycles. The van der Waals surface area contributed by atoms with E-state index in [1.54, 1.807) is 13.8 Å². The van der Waals surface area contributed by atoms with Crippen molar-refractivity contribution in [2.75, 3.05) is 7.11 Å². The fourth-order valence-corrected chi connectivity index (χ4v) is 4.09. The molecular formula is C21H24N4O3S. The minimum absolute atomic E-state index is 0.0987. The number of Topliss-reactive ketones (excluding diaryl/α,β-unsaturated/α-hetero) is 1. The van der Waals surface area contributed by atoms with Gasteiger partial charge in [0, 0.05) is 19.2 Å². The third kappa shape index (κ3) is 4.27. The summed E-state index contributed by atoms with van der Waals surface area (Å²) in [4.78, 5) is 28.0. The first kappa shape index (κ1) is 20.9. The molecule has 3 rings (SSSR count). The van der Waals surface area contributed by atoms with Gasteiger partial charge >= 0.3 is 5.97 Å². The fourth-order valence-electron chi connectivity index (χ4n) is 3.20. The van der Waals surface area contributed by atoms with Crippen LogP contribution < -0.4 is 0 Å². The standard InChI is InChI=1S/C21H24N4O3S/c1-12-17(20(27)28-5)13(2)22-18(12)19(26)14(3)29-21-24-23-16(25(21)4)11-15-9-7-6-8-10-15/h6-10,14,22H,11H2,1-5H3/t14-/m1/s1. The number of carbonyl (C=O) groups is 2. The predicted octanol–water partition coefficient (Wildman–Crippen LogP) is 3.50. The largest absolute Gasteiger partial charge is 0.465 e. The van der Waals surface area contributed by atoms with Crippen LogP contribution >= 0.6 is 11.8 Å². The first-order valence-corrected chi connectivity index (χ1v) is 10.1. The number of esters is 1. The summed E-state index contributed by atoms with van der Waals surface area (Å²) in [6, 6.07) is 10.0. The minimum atomic E-state index is -0.450. The SMILES string of the molecule is COC(=O)c1c(C)[nH]c(C(=O)[C@@H](C)Sc2nnc(Cc3ccccc3)n2C)c1C. The van der Waals surface area contributed by atoms with Crippen LogP contribution in [0.25, 0.3) is 0 Å². The Morgan fingerprint density at radius 1 is 1.21 bits per heavy atom. The number of aryl methyl sites for hydroxylation is 1. The Morgan fingerprint density at radius 2 is 1.90 bits per heavy atom. The van der Waals surface area contributed by atoms with Crippen LogP contribution in [-0.4, -0.2) is 43.9 Å². The van der Waals surface area contributed by atoms with Crippen LogP contribution in [0.2, 0.25) is 0 Å². The number of ether oxygens (including phenoxy) is 1. The van der Waals surface area contributed by atoms with Gasteiger partial charge in [-0.25, -0.2) is 4.79 Å². The summed E-state index contributed by atoms with van der Waals surface area (Å²) in [5.41, 5.74) is 3.22. The average Bonchev–Trinajstić information content (AvgIpc) is 3.20. The first-order chi connectivity index (χ1) is 13.8. The maximum absolute atomic E-state index is 13.0. The molecule has 0 bridgehead atoms. The topological polar surface area (TPSA) is 89.9 Å². The molecule has 7 nitrogen and oxygen atoms in total. The van der Waals surface area contributed by atoms with Crippen molar-refractivity contribution in [1.29, 1.82) is 0 Å². The Hall–Kier alpha value is -2.87. The lowest BCUT2D eigenvalue weighted by Gasteiger charge is -2.10. The van der Waals surface area contributed by atoms with Crippen molar-refractivity contribution in [1.82, 2.24) is 19.7 Å². The normalized spacial score (nSPS) is 12.0. The Morgan fingerprint density at radius 3 is 2.55 bits per heavy atom. The molecule has 2 heterocycles. The highest BCUT2D eigenvalue weighted by Crippen LogP contribution is 2.27. The van der Waals surface area contributed by atoms with E-state index >= 15 is 0 Å². The lowest BCUT2D eigenvalue weighted by Crippen LogP contribution is -2.16. The van der Waals surface area contributed by atoms with Crippen LogP contribution in [0.5, 0.6) is 0 Å². The number of rotatable bonds is 7. The monoisotopic (exact) mass is 412 g/mol. The van der Waals surface area contributed by atoms with Crippen LogP contribution in [0.3, 0.4) is 0 Å². The van der Waals surface area contributed by atoms with Crippen LogP contribution in [0, 0.1) is 13.8 Å². The molecule has 0 radical (unpaired) electrons. The molecule has 2 aromatic heterocycles. The molecule has 1 aromatic carbocycles. The highest BCUT2D eigenvalue weighted by Gasteiger charge is 2.27. The number of aromatic amines is 1. The Labute approximate surface area is 173 Å². The summed E-state index contributed by atoms with van der Waals surface area (Å²) < 4.78 is 6.73. The van der Waals surface area contributed by atoms with E-state index in [0.717, 1.165) is 11.4 Å². The molecule has 1 N–H and O–H groups in total. The van der Waals surface area contributed by atoms with Gasteiger partial charge in [0.25, 0.3) is 0 Å². The van der Waals surface area contributed by atoms with Gasteiger partial charge in [-0.2, -0.15) is 0 Å². The zero-order chi connectivity index (χ0) is 21.1. The summed E-state index contributed by atoms with van der Waals surface area (Å²) in [5.74, 6) is 0.283. The number of thioether (sulfide) groups is 1. The summed E-state index contributed by atoms with van der Waals surface area (Å²) in [6.07, 6.45) is 0.671. The van der Waals surface area contributed by atoms with Gasteiger partial charge in [-0.3, -0.25) is 4.79 Å². The van der Waals surface area contributed by atoms with Crippen molar-refractivity contribution < 1.29 is 14.3 Å². The van der Waals surface area contributed by atoms with Gasteiger partial charge in [0.2, 0.25) is 0 Å². The van der Waals surface area contributed by atoms with Crippen molar-refractivity contribution in [3.8, 4) is 0 Å². The second-order valence-corrected chi connectivity index (χ2v) is 8.17. The lowest BCUT2D eigenvalue weighted by molar-refractivity contribution is 0.0599. The number of hydrogen-bond donors (Lipinski definition) is 1. The Balaban J connectivity index is 1.76. The van der Waals surface area contributed by atoms with E-state index in [0.29, 0.717) is 34.1 Å². The van der Waals surface area contributed by atoms with E-state index in [-0.39, 0.29) is 5.78 Å². The van der Waals surface area contributed by atoms with Crippen molar-refractivity contribution in [2.24, 2.45) is 7.05 Å². The summed E-state index contributed by atoms with van der Waals surface area (Å²) in [7, 11) is 3.23. The molecule has 152 valence electrons. The molecule has 0 saturated heterocycles. The van der Waals surface area contributed by atoms with Gasteiger partial charge in [-0.15, -0.1) is 10.2 Å². The summed E-state index contributed by atoms with van der Waals surface area (Å²) in [5, 5.41) is 8.81. The number of hydrogen-bond acceptors (Lipinski definition) is 6. The van der Waals surface area contributed by atoms with E-state index in [4.69, 9.17) is 4.74 Å². The highest BCUT2D eigenvalue weighted by molar-refractivity contribution is 8.00. The van der Waals surface area contributed by atoms with Gasteiger partial charge in [0.15, 0.2) is 10.9 Å². The maximum atomic E-state index is 13.0. The molecular weight excluding hydrogens is 388 g/mol. The first-order valence-electron chi connectivity index (χ1n) is 9.24. The number of H-pyrrole nitrogens is 1. The van der Waals surface area contributed by atoms with Crippen LogP contribution in [-0.2, 0) is 18.2 Å². The smallest absolute Gasteiger partial charge is 0.339 e. The Bertz CT molecular complexity index is 1040. The van der Waals surface area contributed by atoms with E-state index in [1.165, 1.54) is 18.9 Å². The molecule has 0 unspecified atom stereocenters. The average molecular weight is 413 g/mol. The van der Waals surface area contributed by atoms with Crippen molar-refractivity contribution >= 4 is 23.5 Å². The summed E-state index contributed by atoms with van der Waals surface area (Å²) >= 11 is 1.35. The third-order valence-corrected chi connectivity index (χ3v) is 5.99. The van der Waals surface area contributed by atoms with Gasteiger partial charge in [-0.1, -0.05) is 42.1 Å². The van der Waals surface area contributed by atoms with Gasteiger partial charge in [0.05, 0.1) is 23.6 Å². The zero-order valence-electron chi connectivity index (χ0n) is 17.1. The third-order valence-electron chi connectivity index (χ3n) is 4.85. The lowest BCUT2D eigenvalue weighted by atomic mass is 10.1. The number of nitrogens with zero attached hydrogens (tertiary/aromatic N) is 3. The summed E-state index contributed by atoms with van der Waals surface area (Å²) in [6.45, 7) is 5.33. The number of aromatic nitrogens is 4. The number of nitrogens with one attached hydrogen (secondary N) is 1. The van der Waals surface area contributed by atoms with Gasteiger partial charge in [-0.05, 0) is 31.9 Å². The Kier molecular flexibility index (Phi) is 6.22.